The van der Waals surface area contributed by atoms with Crippen molar-refractivity contribution in [2.24, 2.45) is 5.73 Å². The Morgan fingerprint density at radius 1 is 1.10 bits per heavy atom. The summed E-state index contributed by atoms with van der Waals surface area (Å²) < 4.78 is 13.3. The maximum absolute atomic E-state index is 12.2. The van der Waals surface area contributed by atoms with Crippen LogP contribution in [0.3, 0.4) is 0 Å². The van der Waals surface area contributed by atoms with Gasteiger partial charge in [-0.05, 0) is 65.4 Å². The third kappa shape index (κ3) is 3.92. The first kappa shape index (κ1) is 20.4. The predicted octanol–water partition coefficient (Wildman–Crippen LogP) is 4.83. The van der Waals surface area contributed by atoms with Crippen LogP contribution in [0.1, 0.15) is 49.9 Å². The summed E-state index contributed by atoms with van der Waals surface area (Å²) in [5, 5.41) is 0. The van der Waals surface area contributed by atoms with Gasteiger partial charge < -0.3 is 15.2 Å². The number of hydrogen-bond donors (Lipinski definition) is 1. The first-order valence-corrected chi connectivity index (χ1v) is 10.6. The van der Waals surface area contributed by atoms with E-state index >= 15 is 0 Å². The third-order valence-electron chi connectivity index (χ3n) is 5.16. The van der Waals surface area contributed by atoms with Crippen molar-refractivity contribution in [3.8, 4) is 11.5 Å². The van der Waals surface area contributed by atoms with Gasteiger partial charge in [-0.15, -0.1) is 0 Å². The average molecular weight is 513 g/mol. The van der Waals surface area contributed by atoms with E-state index < -0.39 is 12.0 Å². The Hall–Kier alpha value is -2.87. The minimum absolute atomic E-state index is 0.0853. The van der Waals surface area contributed by atoms with Crippen LogP contribution in [-0.2, 0) is 0 Å². The van der Waals surface area contributed by atoms with Crippen LogP contribution in [-0.4, -0.2) is 18.3 Å². The Morgan fingerprint density at radius 3 is 2.53 bits per heavy atom. The molecule has 4 rings (SSSR count). The number of nitrogens with two attached hydrogens (primary N) is 1. The number of amides is 1. The van der Waals surface area contributed by atoms with Crippen LogP contribution < -0.4 is 15.2 Å². The van der Waals surface area contributed by atoms with Gasteiger partial charge in [0, 0.05) is 26.7 Å². The van der Waals surface area contributed by atoms with E-state index in [-0.39, 0.29) is 5.78 Å². The summed E-state index contributed by atoms with van der Waals surface area (Å²) in [4.78, 5) is 23.6. The summed E-state index contributed by atoms with van der Waals surface area (Å²) in [6.45, 7) is 2.28. The molecule has 1 heterocycles. The molecular weight excluding hydrogens is 493 g/mol. The second kappa shape index (κ2) is 8.47. The van der Waals surface area contributed by atoms with Gasteiger partial charge in [0.15, 0.2) is 5.78 Å². The van der Waals surface area contributed by atoms with Crippen LogP contribution in [0, 0.1) is 10.5 Å². The van der Waals surface area contributed by atoms with E-state index in [1.54, 1.807) is 18.2 Å². The molecule has 152 valence electrons. The smallest absolute Gasteiger partial charge is 0.248 e. The van der Waals surface area contributed by atoms with Crippen molar-refractivity contribution in [1.82, 2.24) is 0 Å². The number of benzene rings is 3. The van der Waals surface area contributed by atoms with Crippen LogP contribution in [0.15, 0.2) is 60.7 Å². The summed E-state index contributed by atoms with van der Waals surface area (Å²) in [5.74, 6) is 0.851. The summed E-state index contributed by atoms with van der Waals surface area (Å²) in [7, 11) is 0. The number of hydrogen-bond acceptors (Lipinski definition) is 4. The summed E-state index contributed by atoms with van der Waals surface area (Å²) in [6.07, 6.45) is -0.0139. The van der Waals surface area contributed by atoms with Crippen LogP contribution in [0.25, 0.3) is 0 Å². The number of primary amides is 1. The molecule has 0 radical (unpaired) electrons. The lowest BCUT2D eigenvalue weighted by Crippen LogP contribution is -2.17. The first-order chi connectivity index (χ1) is 14.5. The standard InChI is InChI=1S/C24H20INO4/c1-14-21(11-10-18-20(27)12-13-29-22(14)18)30-23(17-4-2-3-5-19(17)25)15-6-8-16(9-7-15)24(26)28/h2-11,23H,12-13H2,1H3,(H2,26,28). The molecular formula is C24H20INO4. The number of ether oxygens (including phenoxy) is 2. The molecule has 0 aliphatic carbocycles. The molecule has 1 unspecified atom stereocenters. The molecule has 0 bridgehead atoms. The maximum atomic E-state index is 12.2. The van der Waals surface area contributed by atoms with E-state index in [9.17, 15) is 9.59 Å². The van der Waals surface area contributed by atoms with Gasteiger partial charge in [0.05, 0.1) is 12.2 Å². The fourth-order valence-electron chi connectivity index (χ4n) is 3.54. The van der Waals surface area contributed by atoms with Crippen molar-refractivity contribution in [2.45, 2.75) is 19.4 Å². The van der Waals surface area contributed by atoms with Crippen LogP contribution >= 0.6 is 22.6 Å². The van der Waals surface area contributed by atoms with Gasteiger partial charge in [0.2, 0.25) is 5.91 Å². The molecule has 1 aliphatic rings. The van der Waals surface area contributed by atoms with Gasteiger partial charge in [-0.1, -0.05) is 30.3 Å². The second-order valence-electron chi connectivity index (χ2n) is 7.09. The number of ketones is 1. The number of fused-ring (bicyclic) bond motifs is 1. The molecule has 0 fully saturated rings. The van der Waals surface area contributed by atoms with E-state index in [1.165, 1.54) is 0 Å². The molecule has 3 aromatic carbocycles. The SMILES string of the molecule is Cc1c(OC(c2ccc(C(N)=O)cc2)c2ccccc2I)ccc2c1OCCC2=O. The molecule has 1 atom stereocenters. The molecule has 0 aromatic heterocycles. The van der Waals surface area contributed by atoms with Gasteiger partial charge >= 0.3 is 0 Å². The molecule has 6 heteroatoms. The zero-order valence-corrected chi connectivity index (χ0v) is 18.5. The number of carbonyl (C=O) groups excluding carboxylic acids is 2. The number of carbonyl (C=O) groups is 2. The molecule has 2 N–H and O–H groups in total. The summed E-state index contributed by atoms with van der Waals surface area (Å²) >= 11 is 2.28. The van der Waals surface area contributed by atoms with Crippen molar-refractivity contribution in [3.05, 3.63) is 92.1 Å². The van der Waals surface area contributed by atoms with Gasteiger partial charge in [-0.25, -0.2) is 0 Å². The van der Waals surface area contributed by atoms with Crippen molar-refractivity contribution < 1.29 is 19.1 Å². The minimum Gasteiger partial charge on any atom is -0.492 e. The highest BCUT2D eigenvalue weighted by Crippen LogP contribution is 2.38. The Labute approximate surface area is 188 Å². The van der Waals surface area contributed by atoms with Crippen molar-refractivity contribution in [1.29, 1.82) is 0 Å². The van der Waals surface area contributed by atoms with Crippen molar-refractivity contribution >= 4 is 34.3 Å². The second-order valence-corrected chi connectivity index (χ2v) is 8.25. The summed E-state index contributed by atoms with van der Waals surface area (Å²) in [6, 6.07) is 18.7. The zero-order chi connectivity index (χ0) is 21.3. The Kier molecular flexibility index (Phi) is 5.76. The van der Waals surface area contributed by atoms with Crippen LogP contribution in [0.4, 0.5) is 0 Å². The normalized spacial score (nSPS) is 13.9. The van der Waals surface area contributed by atoms with Crippen molar-refractivity contribution in [2.75, 3.05) is 6.61 Å². The zero-order valence-electron chi connectivity index (χ0n) is 16.4. The summed E-state index contributed by atoms with van der Waals surface area (Å²) in [5.41, 5.74) is 9.11. The topological polar surface area (TPSA) is 78.6 Å². The Bertz CT molecular complexity index is 1120. The maximum Gasteiger partial charge on any atom is 0.248 e. The molecule has 0 spiro atoms. The quantitative estimate of drug-likeness (QED) is 0.496. The fraction of sp³-hybridized carbons (Fsp3) is 0.167. The van der Waals surface area contributed by atoms with Gasteiger partial charge in [0.1, 0.15) is 17.6 Å². The third-order valence-corrected chi connectivity index (χ3v) is 6.14. The van der Waals surface area contributed by atoms with Crippen LogP contribution in [0.5, 0.6) is 11.5 Å². The number of Topliss-reactive ketones (excluding diaryl/α,β-unsaturated/α-hetero) is 1. The number of halogens is 1. The van der Waals surface area contributed by atoms with Gasteiger partial charge in [-0.3, -0.25) is 9.59 Å². The largest absolute Gasteiger partial charge is 0.492 e. The molecule has 5 nitrogen and oxygen atoms in total. The van der Waals surface area contributed by atoms with E-state index in [0.29, 0.717) is 35.7 Å². The molecule has 30 heavy (non-hydrogen) atoms. The van der Waals surface area contributed by atoms with E-state index in [2.05, 4.69) is 22.6 Å². The molecule has 0 saturated heterocycles. The average Bonchev–Trinajstić information content (AvgIpc) is 2.75. The molecule has 1 amide bonds. The fourth-order valence-corrected chi connectivity index (χ4v) is 4.21. The predicted molar refractivity (Wildman–Crippen MR) is 122 cm³/mol. The van der Waals surface area contributed by atoms with Gasteiger partial charge in [-0.2, -0.15) is 0 Å². The first-order valence-electron chi connectivity index (χ1n) is 9.56. The lowest BCUT2D eigenvalue weighted by Gasteiger charge is -2.25. The van der Waals surface area contributed by atoms with Crippen molar-refractivity contribution in [3.63, 3.8) is 0 Å². The lowest BCUT2D eigenvalue weighted by molar-refractivity contribution is 0.0931. The highest BCUT2D eigenvalue weighted by Gasteiger charge is 2.25. The Morgan fingerprint density at radius 2 is 1.83 bits per heavy atom. The molecule has 1 aliphatic heterocycles. The monoisotopic (exact) mass is 513 g/mol. The molecule has 3 aromatic rings. The molecule has 0 saturated carbocycles. The van der Waals surface area contributed by atoms with E-state index in [0.717, 1.165) is 20.3 Å². The minimum atomic E-state index is -0.472. The number of rotatable bonds is 5. The van der Waals surface area contributed by atoms with E-state index in [1.807, 2.05) is 49.4 Å². The highest BCUT2D eigenvalue weighted by atomic mass is 127. The van der Waals surface area contributed by atoms with E-state index in [4.69, 9.17) is 15.2 Å². The highest BCUT2D eigenvalue weighted by molar-refractivity contribution is 14.1. The van der Waals surface area contributed by atoms with Gasteiger partial charge in [0.25, 0.3) is 0 Å². The van der Waals surface area contributed by atoms with Crippen LogP contribution in [0.2, 0.25) is 0 Å². The lowest BCUT2D eigenvalue weighted by atomic mass is 9.98. The Balaban J connectivity index is 1.77.